The molecule has 0 saturated heterocycles. The van der Waals surface area contributed by atoms with E-state index in [1.165, 1.54) is 102 Å². The van der Waals surface area contributed by atoms with Crippen LogP contribution >= 0.6 is 0 Å². The SMILES string of the molecule is CCCCCCCCCCCCCC[C@@H](OCc1ccccc1)[C@@H](OCc1ccccc1)[C@H](CO[C@H]1C[C@H](COCc2ccccc2)[C@H](OCc2ccccc2)[C@H](OCc2ccccc2)[C@H]1OCc1ccccc1)NC(=O)CCCCCCCCCCc1ccccc1. The van der Waals surface area contributed by atoms with E-state index in [4.69, 9.17) is 33.2 Å². The molecule has 0 bridgehead atoms. The van der Waals surface area contributed by atoms with E-state index in [2.05, 4.69) is 176 Å². The number of rotatable bonds is 49. The molecule has 9 heteroatoms. The lowest BCUT2D eigenvalue weighted by Crippen LogP contribution is -2.59. The maximum Gasteiger partial charge on any atom is 0.220 e. The average molecular weight is 1260 g/mol. The summed E-state index contributed by atoms with van der Waals surface area (Å²) in [6, 6.07) is 72.4. The van der Waals surface area contributed by atoms with Gasteiger partial charge in [0.05, 0.1) is 77.2 Å². The first-order chi connectivity index (χ1) is 46.1. The van der Waals surface area contributed by atoms with Gasteiger partial charge in [-0.2, -0.15) is 0 Å². The van der Waals surface area contributed by atoms with Crippen LogP contribution < -0.4 is 5.32 Å². The Hall–Kier alpha value is -6.27. The lowest BCUT2D eigenvalue weighted by Gasteiger charge is -2.46. The van der Waals surface area contributed by atoms with Crippen LogP contribution in [0, 0.1) is 5.92 Å². The number of aryl methyl sites for hydroxylation is 1. The number of amides is 1. The first-order valence-electron chi connectivity index (χ1n) is 35.9. The Morgan fingerprint density at radius 3 is 1.24 bits per heavy atom. The molecule has 1 amide bonds. The second-order valence-corrected chi connectivity index (χ2v) is 25.9. The van der Waals surface area contributed by atoms with Gasteiger partial charge in [-0.1, -0.05) is 335 Å². The van der Waals surface area contributed by atoms with Gasteiger partial charge in [0.25, 0.3) is 0 Å². The first-order valence-corrected chi connectivity index (χ1v) is 35.9. The number of ether oxygens (including phenoxy) is 7. The summed E-state index contributed by atoms with van der Waals surface area (Å²) in [4.78, 5) is 14.9. The molecular formula is C84H111NO8. The highest BCUT2D eigenvalue weighted by molar-refractivity contribution is 5.76. The number of unbranched alkanes of at least 4 members (excludes halogenated alkanes) is 18. The third-order valence-corrected chi connectivity index (χ3v) is 18.3. The zero-order valence-corrected chi connectivity index (χ0v) is 56.2. The highest BCUT2D eigenvalue weighted by Crippen LogP contribution is 2.37. The van der Waals surface area contributed by atoms with Crippen molar-refractivity contribution in [2.75, 3.05) is 13.2 Å². The summed E-state index contributed by atoms with van der Waals surface area (Å²) in [7, 11) is 0. The highest BCUT2D eigenvalue weighted by atomic mass is 16.6. The molecule has 0 radical (unpaired) electrons. The van der Waals surface area contributed by atoms with Gasteiger partial charge in [0.2, 0.25) is 5.91 Å². The fourth-order valence-corrected chi connectivity index (χ4v) is 13.0. The topological polar surface area (TPSA) is 93.7 Å². The maximum atomic E-state index is 14.9. The molecule has 1 aliphatic carbocycles. The van der Waals surface area contributed by atoms with Crippen molar-refractivity contribution in [3.8, 4) is 0 Å². The van der Waals surface area contributed by atoms with Gasteiger partial charge in [-0.15, -0.1) is 0 Å². The summed E-state index contributed by atoms with van der Waals surface area (Å²) in [5, 5.41) is 3.61. The Labute approximate surface area is 560 Å². The van der Waals surface area contributed by atoms with Crippen LogP contribution in [0.25, 0.3) is 0 Å². The van der Waals surface area contributed by atoms with Crippen LogP contribution in [0.5, 0.6) is 0 Å². The Morgan fingerprint density at radius 1 is 0.387 bits per heavy atom. The van der Waals surface area contributed by atoms with Gasteiger partial charge in [-0.25, -0.2) is 0 Å². The minimum atomic E-state index is -0.589. The van der Waals surface area contributed by atoms with Crippen molar-refractivity contribution >= 4 is 5.91 Å². The molecule has 93 heavy (non-hydrogen) atoms. The van der Waals surface area contributed by atoms with E-state index in [9.17, 15) is 4.79 Å². The Morgan fingerprint density at radius 2 is 0.763 bits per heavy atom. The number of carbonyl (C=O) groups excluding carboxylic acids is 1. The van der Waals surface area contributed by atoms with Crippen LogP contribution in [0.3, 0.4) is 0 Å². The summed E-state index contributed by atoms with van der Waals surface area (Å²) >= 11 is 0. The fraction of sp³-hybridized carbons (Fsp3) is 0.488. The smallest absolute Gasteiger partial charge is 0.220 e. The molecular weight excluding hydrogens is 1150 g/mol. The van der Waals surface area contributed by atoms with E-state index in [0.29, 0.717) is 59.1 Å². The van der Waals surface area contributed by atoms with E-state index in [1.54, 1.807) is 0 Å². The zero-order chi connectivity index (χ0) is 64.3. The van der Waals surface area contributed by atoms with Crippen molar-refractivity contribution in [2.24, 2.45) is 5.92 Å². The van der Waals surface area contributed by atoms with Gasteiger partial charge >= 0.3 is 0 Å². The molecule has 8 atom stereocenters. The van der Waals surface area contributed by atoms with Crippen LogP contribution in [0.15, 0.2) is 212 Å². The maximum absolute atomic E-state index is 14.9. The first kappa shape index (κ1) is 72.6. The second kappa shape index (κ2) is 45.2. The molecule has 0 aromatic heterocycles. The standard InChI is InChI=1S/C84H111NO8/c1-2-3-4-5-6-7-8-9-10-14-17-41-58-78(88-62-71-48-31-21-32-49-71)82(91-64-73-52-35-23-36-53-73)77(85-80(86)59-42-18-15-12-11-13-16-26-43-69-44-27-19-28-45-69)68-89-79-60-76(67-87-61-70-46-29-20-30-47-70)81(90-63-72-50-33-22-34-51-72)84(93-66-75-56-39-25-40-57-75)83(79)92-65-74-54-37-24-38-55-74/h19-25,27-40,44-57,76-79,81-84H,2-18,26,41-43,58-68H2,1H3,(H,85,86)/t76-,77+,78-,79+,81+,82+,83+,84+/m1/s1. The van der Waals surface area contributed by atoms with Crippen LogP contribution in [-0.4, -0.2) is 61.8 Å². The van der Waals surface area contributed by atoms with E-state index < -0.39 is 36.6 Å². The summed E-state index contributed by atoms with van der Waals surface area (Å²) in [5.41, 5.74) is 7.83. The predicted molar refractivity (Wildman–Crippen MR) is 378 cm³/mol. The van der Waals surface area contributed by atoms with E-state index >= 15 is 0 Å². The quantitative estimate of drug-likeness (QED) is 0.0377. The predicted octanol–water partition coefficient (Wildman–Crippen LogP) is 19.9. The molecule has 1 aliphatic rings. The highest BCUT2D eigenvalue weighted by Gasteiger charge is 2.49. The van der Waals surface area contributed by atoms with Crippen molar-refractivity contribution in [1.29, 1.82) is 0 Å². The second-order valence-electron chi connectivity index (χ2n) is 25.9. The molecule has 1 fully saturated rings. The number of hydrogen-bond donors (Lipinski definition) is 1. The molecule has 1 N–H and O–H groups in total. The van der Waals surface area contributed by atoms with Crippen LogP contribution in [0.2, 0.25) is 0 Å². The largest absolute Gasteiger partial charge is 0.376 e. The van der Waals surface area contributed by atoms with Crippen molar-refractivity contribution in [3.63, 3.8) is 0 Å². The third-order valence-electron chi connectivity index (χ3n) is 18.3. The van der Waals surface area contributed by atoms with Crippen molar-refractivity contribution in [3.05, 3.63) is 251 Å². The molecule has 1 saturated carbocycles. The fourth-order valence-electron chi connectivity index (χ4n) is 13.0. The van der Waals surface area contributed by atoms with Gasteiger partial charge in [0.1, 0.15) is 18.3 Å². The van der Waals surface area contributed by atoms with E-state index in [1.807, 2.05) is 48.5 Å². The molecule has 0 aliphatic heterocycles. The average Bonchev–Trinajstić information content (AvgIpc) is 1.02. The van der Waals surface area contributed by atoms with Crippen molar-refractivity contribution in [2.45, 2.75) is 243 Å². The summed E-state index contributed by atoms with van der Waals surface area (Å²) in [5.74, 6) is -0.170. The normalized spacial score (nSPS) is 17.4. The molecule has 7 aromatic rings. The van der Waals surface area contributed by atoms with Crippen molar-refractivity contribution in [1.82, 2.24) is 5.32 Å². The van der Waals surface area contributed by atoms with Gasteiger partial charge in [-0.05, 0) is 71.0 Å². The monoisotopic (exact) mass is 1260 g/mol. The van der Waals surface area contributed by atoms with Crippen molar-refractivity contribution < 1.29 is 38.0 Å². The summed E-state index contributed by atoms with van der Waals surface area (Å²) in [6.45, 7) is 5.10. The zero-order valence-electron chi connectivity index (χ0n) is 56.2. The number of hydrogen-bond acceptors (Lipinski definition) is 8. The molecule has 0 heterocycles. The van der Waals surface area contributed by atoms with Crippen LogP contribution in [0.4, 0.5) is 0 Å². The molecule has 9 nitrogen and oxygen atoms in total. The Balaban J connectivity index is 1.07. The minimum absolute atomic E-state index is 0.00356. The molecule has 0 unspecified atom stereocenters. The van der Waals surface area contributed by atoms with E-state index in [0.717, 1.165) is 78.3 Å². The molecule has 0 spiro atoms. The minimum Gasteiger partial charge on any atom is -0.376 e. The van der Waals surface area contributed by atoms with Crippen LogP contribution in [0.1, 0.15) is 194 Å². The van der Waals surface area contributed by atoms with Gasteiger partial charge < -0.3 is 38.5 Å². The van der Waals surface area contributed by atoms with Gasteiger partial charge in [0.15, 0.2) is 0 Å². The van der Waals surface area contributed by atoms with Gasteiger partial charge in [-0.3, -0.25) is 4.79 Å². The number of benzene rings is 7. The molecule has 8 rings (SSSR count). The summed E-state index contributed by atoms with van der Waals surface area (Å²) < 4.78 is 50.4. The van der Waals surface area contributed by atoms with Gasteiger partial charge in [0, 0.05) is 12.3 Å². The van der Waals surface area contributed by atoms with E-state index in [-0.39, 0.29) is 24.5 Å². The Bertz CT molecular complexity index is 2920. The molecule has 500 valence electrons. The lowest BCUT2D eigenvalue weighted by atomic mass is 9.80. The number of nitrogens with one attached hydrogen (secondary N) is 1. The third kappa shape index (κ3) is 28.7. The number of carbonyl (C=O) groups is 1. The summed E-state index contributed by atoms with van der Waals surface area (Å²) in [6.07, 6.45) is 24.0. The lowest BCUT2D eigenvalue weighted by molar-refractivity contribution is -0.235. The Kier molecular flexibility index (Phi) is 35.2. The molecule has 7 aromatic carbocycles. The van der Waals surface area contributed by atoms with Crippen LogP contribution in [-0.2, 0) is 84.0 Å².